The predicted octanol–water partition coefficient (Wildman–Crippen LogP) is 3.78. The number of ketones is 1. The Morgan fingerprint density at radius 2 is 1.95 bits per heavy atom. The summed E-state index contributed by atoms with van der Waals surface area (Å²) in [5.74, 6) is -0.796. The van der Waals surface area contributed by atoms with E-state index in [0.717, 1.165) is 17.0 Å². The van der Waals surface area contributed by atoms with Crippen LogP contribution in [0, 0.1) is 5.82 Å². The zero-order valence-corrected chi connectivity index (χ0v) is 12.0. The smallest absolute Gasteiger partial charge is 0.197 e. The van der Waals surface area contributed by atoms with Gasteiger partial charge in [-0.2, -0.15) is 0 Å². The van der Waals surface area contributed by atoms with Crippen LogP contribution in [0.4, 0.5) is 10.1 Å². The molecule has 3 nitrogen and oxygen atoms in total. The fraction of sp³-hybridized carbons (Fsp3) is 0.0625. The minimum Gasteiger partial charge on any atom is -0.398 e. The third-order valence-corrected chi connectivity index (χ3v) is 3.69. The van der Waals surface area contributed by atoms with Gasteiger partial charge in [-0.25, -0.2) is 4.39 Å². The molecule has 0 saturated carbocycles. The molecule has 3 aromatic rings. The molecule has 0 fully saturated rings. The minimum absolute atomic E-state index is 0.164. The Kier molecular flexibility index (Phi) is 3.18. The number of hydrogen-bond acceptors (Lipinski definition) is 2. The normalized spacial score (nSPS) is 11.0. The lowest BCUT2D eigenvalue weighted by Crippen LogP contribution is -2.05. The fourth-order valence-electron chi connectivity index (χ4n) is 2.41. The summed E-state index contributed by atoms with van der Waals surface area (Å²) in [5.41, 5.74) is 7.52. The van der Waals surface area contributed by atoms with E-state index >= 15 is 0 Å². The van der Waals surface area contributed by atoms with E-state index in [-0.39, 0.29) is 17.0 Å². The number of fused-ring (bicyclic) bond motifs is 1. The Bertz CT molecular complexity index is 870. The number of nitrogens with two attached hydrogens (primary N) is 1. The van der Waals surface area contributed by atoms with Gasteiger partial charge in [-0.05, 0) is 30.3 Å². The van der Waals surface area contributed by atoms with Crippen LogP contribution in [-0.2, 0) is 7.05 Å². The van der Waals surface area contributed by atoms with Crippen LogP contribution in [0.1, 0.15) is 15.9 Å². The van der Waals surface area contributed by atoms with Crippen molar-refractivity contribution >= 4 is 34.0 Å². The molecule has 0 aliphatic rings. The third kappa shape index (κ3) is 2.28. The molecule has 0 saturated heterocycles. The van der Waals surface area contributed by atoms with Crippen LogP contribution in [0.15, 0.2) is 42.6 Å². The standard InChI is InChI=1S/C16H12ClFN2O/c1-20-8-13(11-4-2-9(17)6-15(11)20)16(21)12-7-10(18)3-5-14(12)19/h2-8H,19H2,1H3. The Morgan fingerprint density at radius 3 is 2.71 bits per heavy atom. The highest BCUT2D eigenvalue weighted by molar-refractivity contribution is 6.31. The summed E-state index contributed by atoms with van der Waals surface area (Å²) in [7, 11) is 1.82. The number of nitrogen functional groups attached to an aromatic ring is 1. The number of carbonyl (C=O) groups excluding carboxylic acids is 1. The van der Waals surface area contributed by atoms with E-state index in [1.54, 1.807) is 24.4 Å². The molecule has 0 aliphatic heterocycles. The first kappa shape index (κ1) is 13.6. The first-order valence-electron chi connectivity index (χ1n) is 6.31. The van der Waals surface area contributed by atoms with Gasteiger partial charge in [0.05, 0.1) is 0 Å². The van der Waals surface area contributed by atoms with Crippen LogP contribution in [0.5, 0.6) is 0 Å². The summed E-state index contributed by atoms with van der Waals surface area (Å²) in [6.45, 7) is 0. The van der Waals surface area contributed by atoms with Gasteiger partial charge in [0, 0.05) is 46.0 Å². The van der Waals surface area contributed by atoms with Crippen LogP contribution in [-0.4, -0.2) is 10.4 Å². The molecule has 21 heavy (non-hydrogen) atoms. The second-order valence-corrected chi connectivity index (χ2v) is 5.31. The number of nitrogens with zero attached hydrogens (tertiary/aromatic N) is 1. The molecule has 2 aromatic carbocycles. The summed E-state index contributed by atoms with van der Waals surface area (Å²) in [6, 6.07) is 9.06. The molecule has 2 N–H and O–H groups in total. The number of aryl methyl sites for hydroxylation is 1. The van der Waals surface area contributed by atoms with Gasteiger partial charge in [0.1, 0.15) is 5.82 Å². The van der Waals surface area contributed by atoms with Gasteiger partial charge in [0.25, 0.3) is 0 Å². The Hall–Kier alpha value is -2.33. The van der Waals surface area contributed by atoms with E-state index in [1.807, 2.05) is 11.6 Å². The van der Waals surface area contributed by atoms with Gasteiger partial charge in [-0.3, -0.25) is 4.79 Å². The zero-order chi connectivity index (χ0) is 15.1. The molecule has 1 aromatic heterocycles. The Labute approximate surface area is 125 Å². The lowest BCUT2D eigenvalue weighted by molar-refractivity contribution is 0.104. The number of rotatable bonds is 2. The molecule has 0 aliphatic carbocycles. The van der Waals surface area contributed by atoms with Crippen molar-refractivity contribution in [2.45, 2.75) is 0 Å². The monoisotopic (exact) mass is 302 g/mol. The van der Waals surface area contributed by atoms with Crippen molar-refractivity contribution in [3.63, 3.8) is 0 Å². The third-order valence-electron chi connectivity index (χ3n) is 3.46. The zero-order valence-electron chi connectivity index (χ0n) is 11.2. The molecule has 106 valence electrons. The maximum atomic E-state index is 13.4. The molecule has 5 heteroatoms. The van der Waals surface area contributed by atoms with Crippen molar-refractivity contribution in [2.24, 2.45) is 7.05 Å². The van der Waals surface area contributed by atoms with Crippen molar-refractivity contribution in [1.29, 1.82) is 0 Å². The van der Waals surface area contributed by atoms with Crippen LogP contribution >= 0.6 is 11.6 Å². The van der Waals surface area contributed by atoms with Crippen molar-refractivity contribution < 1.29 is 9.18 Å². The Morgan fingerprint density at radius 1 is 1.19 bits per heavy atom. The first-order chi connectivity index (χ1) is 9.97. The topological polar surface area (TPSA) is 48.0 Å². The van der Waals surface area contributed by atoms with E-state index in [4.69, 9.17) is 17.3 Å². The van der Waals surface area contributed by atoms with E-state index in [0.29, 0.717) is 10.6 Å². The summed E-state index contributed by atoms with van der Waals surface area (Å²) >= 11 is 5.97. The number of halogens is 2. The van der Waals surface area contributed by atoms with Crippen molar-refractivity contribution in [2.75, 3.05) is 5.73 Å². The van der Waals surface area contributed by atoms with Gasteiger partial charge in [-0.15, -0.1) is 0 Å². The molecule has 1 heterocycles. The number of anilines is 1. The van der Waals surface area contributed by atoms with Crippen LogP contribution in [0.2, 0.25) is 5.02 Å². The number of benzene rings is 2. The molecule has 0 amide bonds. The SMILES string of the molecule is Cn1cc(C(=O)c2cc(F)ccc2N)c2ccc(Cl)cc21. The first-order valence-corrected chi connectivity index (χ1v) is 6.69. The lowest BCUT2D eigenvalue weighted by atomic mass is 10.0. The van der Waals surface area contributed by atoms with Gasteiger partial charge in [-0.1, -0.05) is 17.7 Å². The molecule has 0 spiro atoms. The number of aromatic nitrogens is 1. The summed E-state index contributed by atoms with van der Waals surface area (Å²) in [5, 5.41) is 1.35. The highest BCUT2D eigenvalue weighted by Gasteiger charge is 2.18. The maximum absolute atomic E-state index is 13.4. The van der Waals surface area contributed by atoms with Gasteiger partial charge in [0.15, 0.2) is 5.78 Å². The van der Waals surface area contributed by atoms with Crippen LogP contribution in [0.25, 0.3) is 10.9 Å². The average molecular weight is 303 g/mol. The quantitative estimate of drug-likeness (QED) is 0.578. The maximum Gasteiger partial charge on any atom is 0.197 e. The number of carbonyl (C=O) groups is 1. The molecule has 0 unspecified atom stereocenters. The van der Waals surface area contributed by atoms with Gasteiger partial charge < -0.3 is 10.3 Å². The van der Waals surface area contributed by atoms with Crippen LogP contribution in [0.3, 0.4) is 0 Å². The van der Waals surface area contributed by atoms with Gasteiger partial charge in [0.2, 0.25) is 0 Å². The predicted molar refractivity (Wildman–Crippen MR) is 82.2 cm³/mol. The molecular weight excluding hydrogens is 291 g/mol. The minimum atomic E-state index is -0.490. The number of hydrogen-bond donors (Lipinski definition) is 1. The Balaban J connectivity index is 2.21. The van der Waals surface area contributed by atoms with E-state index < -0.39 is 5.82 Å². The van der Waals surface area contributed by atoms with Crippen molar-refractivity contribution in [3.8, 4) is 0 Å². The second kappa shape index (κ2) is 4.90. The van der Waals surface area contributed by atoms with E-state index in [2.05, 4.69) is 0 Å². The summed E-state index contributed by atoms with van der Waals surface area (Å²) in [6.07, 6.45) is 1.70. The van der Waals surface area contributed by atoms with Gasteiger partial charge >= 0.3 is 0 Å². The average Bonchev–Trinajstić information content (AvgIpc) is 2.78. The van der Waals surface area contributed by atoms with Crippen molar-refractivity contribution in [1.82, 2.24) is 4.57 Å². The molecule has 3 rings (SSSR count). The summed E-state index contributed by atoms with van der Waals surface area (Å²) < 4.78 is 15.2. The van der Waals surface area contributed by atoms with E-state index in [9.17, 15) is 9.18 Å². The fourth-order valence-corrected chi connectivity index (χ4v) is 2.57. The molecule has 0 radical (unpaired) electrons. The largest absolute Gasteiger partial charge is 0.398 e. The molecule has 0 bridgehead atoms. The van der Waals surface area contributed by atoms with E-state index in [1.165, 1.54) is 12.1 Å². The second-order valence-electron chi connectivity index (χ2n) is 4.88. The molecule has 0 atom stereocenters. The summed E-state index contributed by atoms with van der Waals surface area (Å²) in [4.78, 5) is 12.6. The molecular formula is C16H12ClFN2O. The highest BCUT2D eigenvalue weighted by Crippen LogP contribution is 2.27. The highest BCUT2D eigenvalue weighted by atomic mass is 35.5. The van der Waals surface area contributed by atoms with Crippen molar-refractivity contribution in [3.05, 3.63) is 64.6 Å². The van der Waals surface area contributed by atoms with Crippen LogP contribution < -0.4 is 5.73 Å². The lowest BCUT2D eigenvalue weighted by Gasteiger charge is -2.04.